The number of urea groups is 1. The topological polar surface area (TPSA) is 164 Å². The standard InChI is InChI=1S/C48H69N9O7SSi/c1-11-55-38-17-16-31-22-34(38)35(43(55)33-14-12-18-49-41(33)30(4)62-10)24-48(5,6)28-64-46(60)39-15-13-19-57(52-66-39)45(59)36(23-40-50-37(31)27-65-40)51-44(58)42(29(2)3)54(9)47(61)56-20-21-63-26-32(56)25-53(7)8/h12,14,16-18,22,27,29-30,32,36,39,42,52H,11,13,15,19-21,23-26,28,66H2,1-10H3,(H,51,58)/t30-,32?,36-,39-,42-/m0/s1. The van der Waals surface area contributed by atoms with Crippen molar-refractivity contribution in [2.24, 2.45) is 11.3 Å². The minimum Gasteiger partial charge on any atom is -0.465 e. The largest absolute Gasteiger partial charge is 0.465 e. The van der Waals surface area contributed by atoms with Crippen molar-refractivity contribution in [3.8, 4) is 22.5 Å². The van der Waals surface area contributed by atoms with Crippen LogP contribution in [0.15, 0.2) is 41.9 Å². The number of thiazole rings is 1. The van der Waals surface area contributed by atoms with Gasteiger partial charge in [0.05, 0.1) is 59.6 Å². The Morgan fingerprint density at radius 1 is 1.14 bits per heavy atom. The normalized spacial score (nSPS) is 22.0. The first-order valence-corrected chi connectivity index (χ1v) is 25.8. The molecule has 7 rings (SSSR count). The van der Waals surface area contributed by atoms with E-state index in [4.69, 9.17) is 24.2 Å². The van der Waals surface area contributed by atoms with E-state index in [2.05, 4.69) is 60.0 Å². The highest BCUT2D eigenvalue weighted by Crippen LogP contribution is 2.42. The summed E-state index contributed by atoms with van der Waals surface area (Å²) in [6, 6.07) is 8.20. The maximum atomic E-state index is 14.7. The molecule has 2 saturated heterocycles. The Hall–Kier alpha value is -4.72. The summed E-state index contributed by atoms with van der Waals surface area (Å²) in [6.45, 7) is 15.4. The van der Waals surface area contributed by atoms with Gasteiger partial charge in [-0.3, -0.25) is 29.5 Å². The molecule has 0 aliphatic carbocycles. The van der Waals surface area contributed by atoms with Gasteiger partial charge in [-0.2, -0.15) is 0 Å². The van der Waals surface area contributed by atoms with E-state index in [0.29, 0.717) is 63.7 Å². The van der Waals surface area contributed by atoms with Crippen molar-refractivity contribution in [1.29, 1.82) is 0 Å². The molecule has 0 radical (unpaired) electrons. The van der Waals surface area contributed by atoms with Gasteiger partial charge in [-0.25, -0.2) is 9.78 Å². The Labute approximate surface area is 395 Å². The van der Waals surface area contributed by atoms with E-state index in [1.165, 1.54) is 16.2 Å². The molecule has 1 aromatic carbocycles. The fraction of sp³-hybridized carbons (Fsp3) is 0.583. The van der Waals surface area contributed by atoms with Crippen molar-refractivity contribution < 1.29 is 33.4 Å². The number of amides is 4. The third kappa shape index (κ3) is 10.7. The van der Waals surface area contributed by atoms with Gasteiger partial charge in [0.15, 0.2) is 0 Å². The minimum atomic E-state index is -1.39. The third-order valence-electron chi connectivity index (χ3n) is 13.1. The smallest absolute Gasteiger partial charge is 0.320 e. The molecular weight excluding hydrogens is 875 g/mol. The second kappa shape index (κ2) is 21.1. The fourth-order valence-corrected chi connectivity index (χ4v) is 12.1. The zero-order valence-corrected chi connectivity index (χ0v) is 42.6. The van der Waals surface area contributed by atoms with Gasteiger partial charge in [0.2, 0.25) is 5.91 Å². The monoisotopic (exact) mass is 943 g/mol. The van der Waals surface area contributed by atoms with Crippen LogP contribution in [0, 0.1) is 11.3 Å². The van der Waals surface area contributed by atoms with E-state index in [-0.39, 0.29) is 54.5 Å². The van der Waals surface area contributed by atoms with Crippen molar-refractivity contribution in [3.63, 3.8) is 0 Å². The molecule has 2 fully saturated rings. The van der Waals surface area contributed by atoms with Gasteiger partial charge < -0.3 is 38.8 Å². The van der Waals surface area contributed by atoms with E-state index >= 15 is 0 Å². The number of pyridine rings is 1. The average molecular weight is 944 g/mol. The molecular formula is C48H69N9O7SSi. The van der Waals surface area contributed by atoms with Gasteiger partial charge in [0.1, 0.15) is 21.8 Å². The summed E-state index contributed by atoms with van der Waals surface area (Å²) < 4.78 is 20.1. The summed E-state index contributed by atoms with van der Waals surface area (Å²) in [5.41, 5.74) is 5.98. The van der Waals surface area contributed by atoms with E-state index in [9.17, 15) is 19.2 Å². The molecule has 358 valence electrons. The number of nitrogens with zero attached hydrogens (tertiary/aromatic N) is 7. The number of rotatable bonds is 10. The second-order valence-electron chi connectivity index (χ2n) is 19.4. The van der Waals surface area contributed by atoms with Crippen LogP contribution in [0.1, 0.15) is 76.8 Å². The minimum absolute atomic E-state index is 0.136. The van der Waals surface area contributed by atoms with E-state index < -0.39 is 33.1 Å². The van der Waals surface area contributed by atoms with Crippen molar-refractivity contribution in [2.45, 2.75) is 104 Å². The van der Waals surface area contributed by atoms with Crippen LogP contribution in [0.25, 0.3) is 33.4 Å². The van der Waals surface area contributed by atoms with Gasteiger partial charge in [-0.15, -0.1) is 11.3 Å². The summed E-state index contributed by atoms with van der Waals surface area (Å²) in [7, 11) is 5.88. The summed E-state index contributed by atoms with van der Waals surface area (Å²) in [4.78, 5) is 72.6. The number of hydrogen-bond donors (Lipinski definition) is 2. The predicted octanol–water partition coefficient (Wildman–Crippen LogP) is 5.05. The SMILES string of the molecule is CCn1c(-c2cccnc2[C@H](C)OC)c2c3cc(ccc31)-c1csc(n1)C[C@H](NC(=O)[C@H](C(C)C)N(C)C(=O)N1CCOCC1CN(C)C)C(=O)N1CCC[C@H]([SiH2]N1)C(=O)OCC(C)(C)C2. The van der Waals surface area contributed by atoms with Gasteiger partial charge in [-0.05, 0) is 83.0 Å². The van der Waals surface area contributed by atoms with Crippen molar-refractivity contribution in [3.05, 3.63) is 58.2 Å². The summed E-state index contributed by atoms with van der Waals surface area (Å²) in [6.07, 6.45) is 3.48. The lowest BCUT2D eigenvalue weighted by atomic mass is 9.84. The number of carbonyl (C=O) groups is 4. The Bertz CT molecular complexity index is 2390. The van der Waals surface area contributed by atoms with Crippen LogP contribution in [-0.4, -0.2) is 154 Å². The molecule has 6 heterocycles. The molecule has 3 aromatic heterocycles. The molecule has 0 saturated carbocycles. The average Bonchev–Trinajstić information content (AvgIpc) is 3.78. The highest BCUT2D eigenvalue weighted by Gasteiger charge is 2.39. The van der Waals surface area contributed by atoms with Crippen LogP contribution >= 0.6 is 11.3 Å². The second-order valence-corrected chi connectivity index (χ2v) is 22.1. The predicted molar refractivity (Wildman–Crippen MR) is 259 cm³/mol. The highest BCUT2D eigenvalue weighted by atomic mass is 32.1. The summed E-state index contributed by atoms with van der Waals surface area (Å²) in [5.74, 6) is -1.26. The van der Waals surface area contributed by atoms with Crippen LogP contribution in [0.4, 0.5) is 4.79 Å². The number of likely N-dealkylation sites (N-methyl/N-ethyl adjacent to an activating group) is 2. The van der Waals surface area contributed by atoms with Crippen molar-refractivity contribution in [2.75, 3.05) is 67.7 Å². The quantitative estimate of drug-likeness (QED) is 0.162. The number of benzene rings is 1. The molecule has 6 bridgehead atoms. The lowest BCUT2D eigenvalue weighted by Gasteiger charge is -2.41. The fourth-order valence-electron chi connectivity index (χ4n) is 9.74. The molecule has 5 atom stereocenters. The maximum absolute atomic E-state index is 14.7. The molecule has 3 aliphatic rings. The van der Waals surface area contributed by atoms with Crippen LogP contribution < -0.4 is 10.4 Å². The number of methoxy groups -OCH3 is 1. The number of aromatic nitrogens is 3. The number of aryl methyl sites for hydroxylation is 1. The first-order valence-electron chi connectivity index (χ1n) is 23.4. The number of carbonyl (C=O) groups excluding carboxylic acids is 4. The van der Waals surface area contributed by atoms with Gasteiger partial charge in [0.25, 0.3) is 5.91 Å². The zero-order chi connectivity index (χ0) is 47.4. The Morgan fingerprint density at radius 2 is 1.92 bits per heavy atom. The van der Waals surface area contributed by atoms with Gasteiger partial charge in [0, 0.05) is 85.8 Å². The Kier molecular flexibility index (Phi) is 15.7. The number of hydrogen-bond acceptors (Lipinski definition) is 12. The molecule has 1 unspecified atom stereocenters. The van der Waals surface area contributed by atoms with E-state index in [0.717, 1.165) is 44.7 Å². The number of fused-ring (bicyclic) bond motifs is 7. The molecule has 0 spiro atoms. The molecule has 4 aromatic rings. The Morgan fingerprint density at radius 3 is 2.65 bits per heavy atom. The van der Waals surface area contributed by atoms with E-state index in [1.54, 1.807) is 30.3 Å². The lowest BCUT2D eigenvalue weighted by Crippen LogP contribution is -2.62. The summed E-state index contributed by atoms with van der Waals surface area (Å²) >= 11 is 1.45. The summed E-state index contributed by atoms with van der Waals surface area (Å²) in [5, 5.41) is 11.8. The molecule has 2 N–H and O–H groups in total. The van der Waals surface area contributed by atoms with Crippen LogP contribution in [-0.2, 0) is 48.0 Å². The Balaban J connectivity index is 1.28. The van der Waals surface area contributed by atoms with Crippen LogP contribution in [0.3, 0.4) is 0 Å². The molecule has 18 heteroatoms. The number of nitrogens with one attached hydrogen (secondary N) is 2. The maximum Gasteiger partial charge on any atom is 0.320 e. The highest BCUT2D eigenvalue weighted by molar-refractivity contribution is 7.10. The first-order chi connectivity index (χ1) is 31.5. The molecule has 4 amide bonds. The van der Waals surface area contributed by atoms with Crippen molar-refractivity contribution in [1.82, 2.24) is 44.7 Å². The molecule has 16 nitrogen and oxygen atoms in total. The first kappa shape index (κ1) is 49.2. The molecule has 66 heavy (non-hydrogen) atoms. The number of morpholine rings is 1. The number of ether oxygens (including phenoxy) is 3. The van der Waals surface area contributed by atoms with Crippen molar-refractivity contribution >= 4 is 55.7 Å². The number of esters is 1. The number of hydrazine groups is 1. The van der Waals surface area contributed by atoms with Gasteiger partial charge in [-0.1, -0.05) is 33.8 Å². The molecule has 3 aliphatic heterocycles. The van der Waals surface area contributed by atoms with Gasteiger partial charge >= 0.3 is 12.0 Å². The van der Waals surface area contributed by atoms with Crippen LogP contribution in [0.2, 0.25) is 5.54 Å². The van der Waals surface area contributed by atoms with Crippen LogP contribution in [0.5, 0.6) is 0 Å². The number of cyclic esters (lactones) is 1. The third-order valence-corrected chi connectivity index (χ3v) is 15.8. The van der Waals surface area contributed by atoms with E-state index in [1.807, 2.05) is 51.2 Å². The zero-order valence-electron chi connectivity index (χ0n) is 40.4. The lowest BCUT2D eigenvalue weighted by molar-refractivity contribution is -0.146.